The van der Waals surface area contributed by atoms with Gasteiger partial charge in [-0.25, -0.2) is 9.78 Å². The van der Waals surface area contributed by atoms with Crippen molar-refractivity contribution in [3.63, 3.8) is 0 Å². The maximum atomic E-state index is 12.9. The van der Waals surface area contributed by atoms with Gasteiger partial charge in [0.1, 0.15) is 0 Å². The smallest absolute Gasteiger partial charge is 0.339 e. The normalized spacial score (nSPS) is 20.9. The van der Waals surface area contributed by atoms with E-state index in [4.69, 9.17) is 4.74 Å². The maximum Gasteiger partial charge on any atom is 0.339 e. The number of fused-ring (bicyclic) bond motifs is 1. The van der Waals surface area contributed by atoms with Crippen molar-refractivity contribution < 1.29 is 14.3 Å². The van der Waals surface area contributed by atoms with Crippen molar-refractivity contribution in [2.75, 3.05) is 6.61 Å². The van der Waals surface area contributed by atoms with Crippen LogP contribution in [0.1, 0.15) is 43.5 Å². The van der Waals surface area contributed by atoms with E-state index < -0.39 is 5.97 Å². The summed E-state index contributed by atoms with van der Waals surface area (Å²) in [5, 5.41) is 3.73. The molecule has 0 spiro atoms. The third-order valence-corrected chi connectivity index (χ3v) is 6.28. The highest BCUT2D eigenvalue weighted by Crippen LogP contribution is 2.29. The molecule has 31 heavy (non-hydrogen) atoms. The highest BCUT2D eigenvalue weighted by atomic mass is 16.5. The minimum atomic E-state index is -0.538. The van der Waals surface area contributed by atoms with Gasteiger partial charge in [0, 0.05) is 29.4 Å². The molecule has 1 saturated carbocycles. The minimum absolute atomic E-state index is 0.133. The van der Waals surface area contributed by atoms with Gasteiger partial charge >= 0.3 is 5.97 Å². The van der Waals surface area contributed by atoms with E-state index in [0.717, 1.165) is 18.4 Å². The molecule has 1 aromatic carbocycles. The van der Waals surface area contributed by atoms with Crippen LogP contribution in [0.4, 0.5) is 0 Å². The van der Waals surface area contributed by atoms with Crippen LogP contribution in [0.5, 0.6) is 0 Å². The number of aromatic nitrogens is 2. The summed E-state index contributed by atoms with van der Waals surface area (Å²) in [7, 11) is 0. The molecule has 2 aromatic heterocycles. The molecule has 1 aliphatic carbocycles. The number of nitrogens with zero attached hydrogens (tertiary/aromatic N) is 2. The molecule has 1 aliphatic rings. The summed E-state index contributed by atoms with van der Waals surface area (Å²) < 4.78 is 5.40. The van der Waals surface area contributed by atoms with Gasteiger partial charge in [-0.3, -0.25) is 9.78 Å². The van der Waals surface area contributed by atoms with Crippen molar-refractivity contribution in [2.45, 2.75) is 39.2 Å². The lowest BCUT2D eigenvalue weighted by atomic mass is 9.78. The Morgan fingerprint density at radius 1 is 1.13 bits per heavy atom. The lowest BCUT2D eigenvalue weighted by Gasteiger charge is -2.34. The molecule has 6 heteroatoms. The Morgan fingerprint density at radius 2 is 1.97 bits per heavy atom. The number of nitrogens with one attached hydrogen (secondary N) is 1. The van der Waals surface area contributed by atoms with Crippen LogP contribution < -0.4 is 5.32 Å². The van der Waals surface area contributed by atoms with E-state index >= 15 is 0 Å². The molecule has 6 nitrogen and oxygen atoms in total. The first-order valence-corrected chi connectivity index (χ1v) is 10.8. The summed E-state index contributed by atoms with van der Waals surface area (Å²) >= 11 is 0. The summed E-state index contributed by atoms with van der Waals surface area (Å²) in [6.07, 6.45) is 6.65. The Labute approximate surface area is 182 Å². The monoisotopic (exact) mass is 417 g/mol. The van der Waals surface area contributed by atoms with Crippen LogP contribution in [0, 0.1) is 11.8 Å². The first kappa shape index (κ1) is 21.0. The third-order valence-electron chi connectivity index (χ3n) is 6.28. The zero-order chi connectivity index (χ0) is 21.8. The van der Waals surface area contributed by atoms with Crippen LogP contribution in [0.15, 0.2) is 54.9 Å². The number of amides is 1. The number of carbonyl (C=O) groups is 2. The van der Waals surface area contributed by atoms with Crippen molar-refractivity contribution in [3.8, 4) is 11.3 Å². The molecule has 4 rings (SSSR count). The minimum Gasteiger partial charge on any atom is -0.452 e. The molecular formula is C25H27N3O3. The number of hydrogen-bond donors (Lipinski definition) is 1. The van der Waals surface area contributed by atoms with Crippen LogP contribution in [0.3, 0.4) is 0 Å². The largest absolute Gasteiger partial charge is 0.452 e. The molecule has 0 aliphatic heterocycles. The number of para-hydroxylation sites is 1. The molecule has 0 unspecified atom stereocenters. The number of rotatable bonds is 5. The molecule has 0 bridgehead atoms. The second kappa shape index (κ2) is 9.25. The Kier molecular flexibility index (Phi) is 6.26. The number of esters is 1. The van der Waals surface area contributed by atoms with E-state index in [-0.39, 0.29) is 18.6 Å². The lowest BCUT2D eigenvalue weighted by molar-refractivity contribution is -0.125. The predicted molar refractivity (Wildman–Crippen MR) is 119 cm³/mol. The SMILES string of the molecule is C[C@@H]1[C@H](C)CCC[C@H]1NC(=O)COC(=O)c1cc(-c2cccnc2)nc2ccccc12. The van der Waals surface area contributed by atoms with Crippen LogP contribution in [-0.2, 0) is 9.53 Å². The Hall–Kier alpha value is -3.28. The van der Waals surface area contributed by atoms with Gasteiger partial charge in [-0.2, -0.15) is 0 Å². The highest BCUT2D eigenvalue weighted by Gasteiger charge is 2.28. The molecule has 160 valence electrons. The van der Waals surface area contributed by atoms with E-state index in [1.807, 2.05) is 36.4 Å². The van der Waals surface area contributed by atoms with Gasteiger partial charge in [0.05, 0.1) is 16.8 Å². The summed E-state index contributed by atoms with van der Waals surface area (Å²) in [5.41, 5.74) is 2.51. The van der Waals surface area contributed by atoms with Crippen LogP contribution in [0.2, 0.25) is 0 Å². The molecule has 0 saturated heterocycles. The number of benzene rings is 1. The van der Waals surface area contributed by atoms with E-state index in [2.05, 4.69) is 29.1 Å². The van der Waals surface area contributed by atoms with Gasteiger partial charge in [-0.15, -0.1) is 0 Å². The topological polar surface area (TPSA) is 81.2 Å². The van der Waals surface area contributed by atoms with Gasteiger partial charge in [-0.05, 0) is 42.5 Å². The van der Waals surface area contributed by atoms with Gasteiger partial charge in [0.25, 0.3) is 5.91 Å². The molecule has 3 atom stereocenters. The fourth-order valence-electron chi connectivity index (χ4n) is 4.25. The average Bonchev–Trinajstić information content (AvgIpc) is 2.80. The zero-order valence-corrected chi connectivity index (χ0v) is 17.9. The Balaban J connectivity index is 1.50. The van der Waals surface area contributed by atoms with E-state index in [0.29, 0.717) is 34.0 Å². The summed E-state index contributed by atoms with van der Waals surface area (Å²) in [6.45, 7) is 4.09. The predicted octanol–water partition coefficient (Wildman–Crippen LogP) is 4.39. The summed E-state index contributed by atoms with van der Waals surface area (Å²) in [4.78, 5) is 34.1. The molecular weight excluding hydrogens is 390 g/mol. The second-order valence-electron chi connectivity index (χ2n) is 8.33. The first-order chi connectivity index (χ1) is 15.0. The van der Waals surface area contributed by atoms with Gasteiger partial charge in [-0.1, -0.05) is 44.9 Å². The van der Waals surface area contributed by atoms with Crippen LogP contribution in [0.25, 0.3) is 22.2 Å². The Bertz CT molecular complexity index is 1080. The number of hydrogen-bond acceptors (Lipinski definition) is 5. The molecule has 1 fully saturated rings. The average molecular weight is 418 g/mol. The van der Waals surface area contributed by atoms with Gasteiger partial charge < -0.3 is 10.1 Å². The Morgan fingerprint density at radius 3 is 2.77 bits per heavy atom. The summed E-state index contributed by atoms with van der Waals surface area (Å²) in [6, 6.07) is 12.9. The molecule has 3 aromatic rings. The van der Waals surface area contributed by atoms with Crippen molar-refractivity contribution >= 4 is 22.8 Å². The highest BCUT2D eigenvalue weighted by molar-refractivity contribution is 6.05. The van der Waals surface area contributed by atoms with Crippen LogP contribution in [-0.4, -0.2) is 34.5 Å². The number of carbonyl (C=O) groups excluding carboxylic acids is 2. The van der Waals surface area contributed by atoms with E-state index in [1.54, 1.807) is 18.5 Å². The van der Waals surface area contributed by atoms with E-state index in [1.165, 1.54) is 6.42 Å². The molecule has 1 amide bonds. The molecule has 0 radical (unpaired) electrons. The van der Waals surface area contributed by atoms with Gasteiger partial charge in [0.15, 0.2) is 6.61 Å². The summed E-state index contributed by atoms with van der Waals surface area (Å²) in [5.74, 6) is 0.198. The maximum absolute atomic E-state index is 12.9. The standard InChI is InChI=1S/C25H27N3O3/c1-16-7-5-11-21(17(16)2)28-24(29)15-31-25(30)20-13-23(18-8-6-12-26-14-18)27-22-10-4-3-9-19(20)22/h3-4,6,8-10,12-14,16-17,21H,5,7,11,15H2,1-2H3,(H,28,29)/t16-,17-,21-/m1/s1. The van der Waals surface area contributed by atoms with Crippen molar-refractivity contribution in [1.29, 1.82) is 0 Å². The first-order valence-electron chi connectivity index (χ1n) is 10.8. The van der Waals surface area contributed by atoms with Crippen LogP contribution >= 0.6 is 0 Å². The quantitative estimate of drug-likeness (QED) is 0.623. The van der Waals surface area contributed by atoms with Crippen molar-refractivity contribution in [3.05, 3.63) is 60.4 Å². The van der Waals surface area contributed by atoms with E-state index in [9.17, 15) is 9.59 Å². The van der Waals surface area contributed by atoms with Crippen molar-refractivity contribution in [1.82, 2.24) is 15.3 Å². The van der Waals surface area contributed by atoms with Crippen molar-refractivity contribution in [2.24, 2.45) is 11.8 Å². The number of pyridine rings is 2. The zero-order valence-electron chi connectivity index (χ0n) is 17.9. The number of ether oxygens (including phenoxy) is 1. The molecule has 2 heterocycles. The fourth-order valence-corrected chi connectivity index (χ4v) is 4.25. The lowest BCUT2D eigenvalue weighted by Crippen LogP contribution is -2.45. The second-order valence-corrected chi connectivity index (χ2v) is 8.33. The third kappa shape index (κ3) is 4.74. The molecule has 1 N–H and O–H groups in total. The fraction of sp³-hybridized carbons (Fsp3) is 0.360. The van der Waals surface area contributed by atoms with Gasteiger partial charge in [0.2, 0.25) is 0 Å².